The van der Waals surface area contributed by atoms with Gasteiger partial charge >= 0.3 is 0 Å². The number of hydrogen-bond donors (Lipinski definition) is 1. The van der Waals surface area contributed by atoms with Crippen LogP contribution in [0.25, 0.3) is 0 Å². The first-order chi connectivity index (χ1) is 9.43. The molecule has 0 bridgehead atoms. The van der Waals surface area contributed by atoms with Gasteiger partial charge in [0.2, 0.25) is 0 Å². The maximum atomic E-state index is 12.6. The fraction of sp³-hybridized carbons (Fsp3) is 0.714. The number of piperazine rings is 1. The van der Waals surface area contributed by atoms with Gasteiger partial charge in [-0.3, -0.25) is 4.79 Å². The minimum atomic E-state index is -0.0465. The number of aromatic nitrogens is 1. The van der Waals surface area contributed by atoms with Crippen LogP contribution in [0.1, 0.15) is 41.1 Å². The van der Waals surface area contributed by atoms with E-state index in [1.807, 2.05) is 4.90 Å². The number of nitrogens with one attached hydrogen (secondary N) is 1. The summed E-state index contributed by atoms with van der Waals surface area (Å²) in [6, 6.07) is 0. The van der Waals surface area contributed by atoms with Crippen LogP contribution in [0.5, 0.6) is 0 Å². The van der Waals surface area contributed by atoms with Gasteiger partial charge in [0.05, 0.1) is 17.3 Å². The molecule has 112 valence electrons. The highest BCUT2D eigenvalue weighted by Crippen LogP contribution is 2.30. The van der Waals surface area contributed by atoms with Crippen molar-refractivity contribution in [2.24, 2.45) is 0 Å². The average Bonchev–Trinajstić information content (AvgIpc) is 2.83. The molecule has 5 nitrogen and oxygen atoms in total. The molecular formula is C14H23N3O2S. The Morgan fingerprint density at radius 2 is 2.05 bits per heavy atom. The molecule has 1 aliphatic rings. The highest BCUT2D eigenvalue weighted by atomic mass is 32.1. The zero-order valence-corrected chi connectivity index (χ0v) is 13.5. The lowest BCUT2D eigenvalue weighted by atomic mass is 9.98. The molecule has 2 rings (SSSR count). The molecule has 0 unspecified atom stereocenters. The summed E-state index contributed by atoms with van der Waals surface area (Å²) in [6.45, 7) is 9.96. The summed E-state index contributed by atoms with van der Waals surface area (Å²) in [5.41, 5.74) is 0.723. The lowest BCUT2D eigenvalue weighted by molar-refractivity contribution is 0.0735. The van der Waals surface area contributed by atoms with Crippen molar-refractivity contribution in [3.05, 3.63) is 15.6 Å². The van der Waals surface area contributed by atoms with E-state index in [2.05, 4.69) is 31.1 Å². The summed E-state index contributed by atoms with van der Waals surface area (Å²) in [6.07, 6.45) is 0. The molecule has 1 aliphatic heterocycles. The van der Waals surface area contributed by atoms with Crippen LogP contribution in [0.4, 0.5) is 0 Å². The first-order valence-corrected chi connectivity index (χ1v) is 7.74. The first-order valence-electron chi connectivity index (χ1n) is 6.92. The predicted octanol–water partition coefficient (Wildman–Crippen LogP) is 1.63. The Labute approximate surface area is 124 Å². The molecule has 20 heavy (non-hydrogen) atoms. The molecule has 1 amide bonds. The summed E-state index contributed by atoms with van der Waals surface area (Å²) in [5, 5.41) is 4.25. The van der Waals surface area contributed by atoms with Crippen LogP contribution in [0.3, 0.4) is 0 Å². The summed E-state index contributed by atoms with van der Waals surface area (Å²) in [5.74, 6) is 0.0894. The SMILES string of the molecule is COCc1nc(C(C)(C)C)sc1C(=O)N1CCNCC1. The van der Waals surface area contributed by atoms with Crippen LogP contribution in [0.2, 0.25) is 0 Å². The molecule has 2 heterocycles. The van der Waals surface area contributed by atoms with Crippen LogP contribution in [-0.2, 0) is 16.8 Å². The summed E-state index contributed by atoms with van der Waals surface area (Å²) in [7, 11) is 1.63. The molecule has 0 spiro atoms. The third kappa shape index (κ3) is 3.37. The minimum absolute atomic E-state index is 0.0465. The number of amides is 1. The molecule has 0 aliphatic carbocycles. The molecule has 0 atom stereocenters. The highest BCUT2D eigenvalue weighted by Gasteiger charge is 2.27. The van der Waals surface area contributed by atoms with Crippen molar-refractivity contribution in [3.63, 3.8) is 0 Å². The minimum Gasteiger partial charge on any atom is -0.378 e. The van der Waals surface area contributed by atoms with Gasteiger partial charge < -0.3 is 15.0 Å². The van der Waals surface area contributed by atoms with Crippen molar-refractivity contribution in [1.29, 1.82) is 0 Å². The van der Waals surface area contributed by atoms with Gasteiger partial charge in [0.1, 0.15) is 4.88 Å². The summed E-state index contributed by atoms with van der Waals surface area (Å²) >= 11 is 1.51. The van der Waals surface area contributed by atoms with Crippen LogP contribution >= 0.6 is 11.3 Å². The van der Waals surface area contributed by atoms with E-state index in [9.17, 15) is 4.79 Å². The van der Waals surface area contributed by atoms with Crippen molar-refractivity contribution in [3.8, 4) is 0 Å². The van der Waals surface area contributed by atoms with E-state index in [1.54, 1.807) is 7.11 Å². The van der Waals surface area contributed by atoms with Crippen LogP contribution in [0, 0.1) is 0 Å². The largest absolute Gasteiger partial charge is 0.378 e. The number of carbonyl (C=O) groups is 1. The molecule has 1 fully saturated rings. The van der Waals surface area contributed by atoms with Gasteiger partial charge in [0.25, 0.3) is 5.91 Å². The molecule has 6 heteroatoms. The zero-order valence-electron chi connectivity index (χ0n) is 12.7. The number of carbonyl (C=O) groups excluding carboxylic acids is 1. The fourth-order valence-electron chi connectivity index (χ4n) is 2.09. The van der Waals surface area contributed by atoms with Gasteiger partial charge in [-0.05, 0) is 0 Å². The Hall–Kier alpha value is -0.980. The summed E-state index contributed by atoms with van der Waals surface area (Å²) in [4.78, 5) is 19.9. The average molecular weight is 297 g/mol. The molecule has 0 radical (unpaired) electrons. The van der Waals surface area contributed by atoms with Gasteiger partial charge in [-0.25, -0.2) is 4.98 Å². The zero-order chi connectivity index (χ0) is 14.8. The third-order valence-corrected chi connectivity index (χ3v) is 4.73. The Balaban J connectivity index is 2.28. The topological polar surface area (TPSA) is 54.5 Å². The van der Waals surface area contributed by atoms with E-state index in [0.29, 0.717) is 6.61 Å². The van der Waals surface area contributed by atoms with Gasteiger partial charge in [-0.1, -0.05) is 20.8 Å². The summed E-state index contributed by atoms with van der Waals surface area (Å²) < 4.78 is 5.19. The van der Waals surface area contributed by atoms with E-state index < -0.39 is 0 Å². The van der Waals surface area contributed by atoms with Crippen molar-refractivity contribution >= 4 is 17.2 Å². The third-order valence-electron chi connectivity index (χ3n) is 3.22. The van der Waals surface area contributed by atoms with E-state index >= 15 is 0 Å². The van der Waals surface area contributed by atoms with E-state index in [1.165, 1.54) is 11.3 Å². The number of nitrogens with zero attached hydrogens (tertiary/aromatic N) is 2. The molecular weight excluding hydrogens is 274 g/mol. The van der Waals surface area contributed by atoms with Gasteiger partial charge in [0, 0.05) is 38.7 Å². The molecule has 1 N–H and O–H groups in total. The second kappa shape index (κ2) is 6.20. The monoisotopic (exact) mass is 297 g/mol. The van der Waals surface area contributed by atoms with Crippen molar-refractivity contribution in [2.45, 2.75) is 32.8 Å². The first kappa shape index (κ1) is 15.4. The fourth-order valence-corrected chi connectivity index (χ4v) is 3.18. The maximum Gasteiger partial charge on any atom is 0.266 e. The second-order valence-corrected chi connectivity index (χ2v) is 7.02. The normalized spacial score (nSPS) is 16.5. The quantitative estimate of drug-likeness (QED) is 0.921. The van der Waals surface area contributed by atoms with Crippen molar-refractivity contribution < 1.29 is 9.53 Å². The number of methoxy groups -OCH3 is 1. The molecule has 1 aromatic rings. The Morgan fingerprint density at radius 1 is 1.40 bits per heavy atom. The number of rotatable bonds is 3. The van der Waals surface area contributed by atoms with Crippen molar-refractivity contribution in [1.82, 2.24) is 15.2 Å². The number of thiazole rings is 1. The number of hydrogen-bond acceptors (Lipinski definition) is 5. The van der Waals surface area contributed by atoms with Crippen molar-refractivity contribution in [2.75, 3.05) is 33.3 Å². The second-order valence-electron chi connectivity index (χ2n) is 6.02. The maximum absolute atomic E-state index is 12.6. The van der Waals surface area contributed by atoms with Crippen LogP contribution < -0.4 is 5.32 Å². The Bertz CT molecular complexity index is 473. The lowest BCUT2D eigenvalue weighted by Gasteiger charge is -2.27. The smallest absolute Gasteiger partial charge is 0.266 e. The lowest BCUT2D eigenvalue weighted by Crippen LogP contribution is -2.46. The van der Waals surface area contributed by atoms with Gasteiger partial charge in [0.15, 0.2) is 0 Å². The Kier molecular flexibility index (Phi) is 4.78. The molecule has 0 saturated carbocycles. The highest BCUT2D eigenvalue weighted by molar-refractivity contribution is 7.14. The van der Waals surface area contributed by atoms with Crippen LogP contribution in [-0.4, -0.2) is 49.1 Å². The Morgan fingerprint density at radius 3 is 2.60 bits per heavy atom. The van der Waals surface area contributed by atoms with E-state index in [4.69, 9.17) is 4.74 Å². The molecule has 1 aromatic heterocycles. The molecule has 0 aromatic carbocycles. The predicted molar refractivity (Wildman–Crippen MR) is 80.3 cm³/mol. The van der Waals surface area contributed by atoms with E-state index in [-0.39, 0.29) is 11.3 Å². The van der Waals surface area contributed by atoms with Gasteiger partial charge in [-0.15, -0.1) is 11.3 Å². The number of ether oxygens (including phenoxy) is 1. The van der Waals surface area contributed by atoms with Gasteiger partial charge in [-0.2, -0.15) is 0 Å². The van der Waals surface area contributed by atoms with Crippen LogP contribution in [0.15, 0.2) is 0 Å². The molecule has 1 saturated heterocycles. The van der Waals surface area contributed by atoms with E-state index in [0.717, 1.165) is 41.8 Å². The standard InChI is InChI=1S/C14H23N3O2S/c1-14(2,3)13-16-10(9-19-4)11(20-13)12(18)17-7-5-15-6-8-17/h15H,5-9H2,1-4H3.